The molecule has 1 saturated carbocycles. The fourth-order valence-corrected chi connectivity index (χ4v) is 0.541. The molecule has 1 rings (SSSR count). The van der Waals surface area contributed by atoms with Crippen LogP contribution in [0.3, 0.4) is 0 Å². The highest BCUT2D eigenvalue weighted by molar-refractivity contribution is 5.26. The van der Waals surface area contributed by atoms with Crippen molar-refractivity contribution in [3.8, 4) is 11.8 Å². The van der Waals surface area contributed by atoms with Crippen LogP contribution in [0.25, 0.3) is 0 Å². The first kappa shape index (κ1) is 4.71. The average Bonchev–Trinajstić information content (AvgIpc) is 2.22. The molecule has 1 aliphatic carbocycles. The zero-order valence-electron chi connectivity index (χ0n) is 4.78. The summed E-state index contributed by atoms with van der Waals surface area (Å²) in [5, 5.41) is 0. The lowest BCUT2D eigenvalue weighted by Crippen LogP contribution is -1.82. The van der Waals surface area contributed by atoms with Gasteiger partial charge in [0.2, 0.25) is 0 Å². The van der Waals surface area contributed by atoms with Crippen molar-refractivity contribution in [1.29, 1.82) is 0 Å². The SMILES string of the molecule is CC#CC1(C)[CH]C1. The van der Waals surface area contributed by atoms with Crippen LogP contribution in [0, 0.1) is 23.7 Å². The van der Waals surface area contributed by atoms with Gasteiger partial charge in [0.1, 0.15) is 0 Å². The van der Waals surface area contributed by atoms with Crippen LogP contribution in [-0.2, 0) is 0 Å². The summed E-state index contributed by atoms with van der Waals surface area (Å²) >= 11 is 0. The standard InChI is InChI=1S/C7H9/c1-3-4-7(2)5-6-7/h5H,6H2,1-2H3. The third kappa shape index (κ3) is 0.962. The number of hydrogen-bond acceptors (Lipinski definition) is 0. The van der Waals surface area contributed by atoms with Gasteiger partial charge in [0, 0.05) is 5.41 Å². The van der Waals surface area contributed by atoms with Crippen molar-refractivity contribution in [3.63, 3.8) is 0 Å². The molecule has 1 unspecified atom stereocenters. The summed E-state index contributed by atoms with van der Waals surface area (Å²) in [6.07, 6.45) is 3.41. The maximum Gasteiger partial charge on any atom is 0.0321 e. The van der Waals surface area contributed by atoms with E-state index in [1.807, 2.05) is 6.92 Å². The second kappa shape index (κ2) is 1.26. The first-order valence-electron chi connectivity index (χ1n) is 2.55. The van der Waals surface area contributed by atoms with E-state index in [0.717, 1.165) is 0 Å². The zero-order valence-corrected chi connectivity index (χ0v) is 4.78. The van der Waals surface area contributed by atoms with Gasteiger partial charge >= 0.3 is 0 Å². The molecule has 0 aliphatic heterocycles. The lowest BCUT2D eigenvalue weighted by atomic mass is 10.2. The van der Waals surface area contributed by atoms with Gasteiger partial charge in [0.05, 0.1) is 0 Å². The zero-order chi connectivity index (χ0) is 5.33. The van der Waals surface area contributed by atoms with E-state index in [0.29, 0.717) is 5.41 Å². The molecule has 0 spiro atoms. The van der Waals surface area contributed by atoms with E-state index in [1.165, 1.54) is 6.42 Å². The van der Waals surface area contributed by atoms with Gasteiger partial charge in [0.15, 0.2) is 0 Å². The Hall–Kier alpha value is -0.440. The highest BCUT2D eigenvalue weighted by Crippen LogP contribution is 2.42. The molecular formula is C7H9. The fourth-order valence-electron chi connectivity index (χ4n) is 0.541. The quantitative estimate of drug-likeness (QED) is 0.399. The van der Waals surface area contributed by atoms with Crippen LogP contribution in [0.2, 0.25) is 0 Å². The summed E-state index contributed by atoms with van der Waals surface area (Å²) in [6.45, 7) is 4.04. The molecule has 0 aromatic heterocycles. The Kier molecular flexibility index (Phi) is 0.852. The summed E-state index contributed by atoms with van der Waals surface area (Å²) in [7, 11) is 0. The van der Waals surface area contributed by atoms with Crippen LogP contribution in [0.4, 0.5) is 0 Å². The monoisotopic (exact) mass is 93.1 g/mol. The van der Waals surface area contributed by atoms with Gasteiger partial charge in [-0.2, -0.15) is 0 Å². The molecule has 7 heavy (non-hydrogen) atoms. The van der Waals surface area contributed by atoms with Crippen molar-refractivity contribution < 1.29 is 0 Å². The number of hydrogen-bond donors (Lipinski definition) is 0. The molecule has 37 valence electrons. The maximum absolute atomic E-state index is 3.09. The summed E-state index contributed by atoms with van der Waals surface area (Å²) in [6, 6.07) is 0. The van der Waals surface area contributed by atoms with Crippen LogP contribution >= 0.6 is 0 Å². The van der Waals surface area contributed by atoms with Gasteiger partial charge in [0.25, 0.3) is 0 Å². The van der Waals surface area contributed by atoms with E-state index in [1.54, 1.807) is 0 Å². The Balaban J connectivity index is 2.50. The van der Waals surface area contributed by atoms with E-state index >= 15 is 0 Å². The minimum atomic E-state index is 0.314. The Morgan fingerprint density at radius 1 is 1.71 bits per heavy atom. The van der Waals surface area contributed by atoms with E-state index in [2.05, 4.69) is 25.2 Å². The first-order chi connectivity index (χ1) is 3.27. The molecular weight excluding hydrogens is 84.1 g/mol. The molecule has 0 aromatic carbocycles. The van der Waals surface area contributed by atoms with E-state index in [4.69, 9.17) is 0 Å². The Morgan fingerprint density at radius 3 is 2.43 bits per heavy atom. The molecule has 0 nitrogen and oxygen atoms in total. The van der Waals surface area contributed by atoms with Gasteiger partial charge in [-0.25, -0.2) is 0 Å². The first-order valence-corrected chi connectivity index (χ1v) is 2.55. The van der Waals surface area contributed by atoms with Crippen molar-refractivity contribution in [2.24, 2.45) is 5.41 Å². The van der Waals surface area contributed by atoms with Crippen LogP contribution in [0.5, 0.6) is 0 Å². The van der Waals surface area contributed by atoms with E-state index in [-0.39, 0.29) is 0 Å². The molecule has 1 radical (unpaired) electrons. The van der Waals surface area contributed by atoms with Crippen molar-refractivity contribution >= 4 is 0 Å². The summed E-state index contributed by atoms with van der Waals surface area (Å²) in [5.74, 6) is 5.98. The molecule has 0 bridgehead atoms. The van der Waals surface area contributed by atoms with Gasteiger partial charge in [-0.1, -0.05) is 5.92 Å². The maximum atomic E-state index is 3.09. The van der Waals surface area contributed by atoms with Crippen molar-refractivity contribution in [2.75, 3.05) is 0 Å². The van der Waals surface area contributed by atoms with Crippen LogP contribution in [0.1, 0.15) is 20.3 Å². The molecule has 1 atom stereocenters. The largest absolute Gasteiger partial charge is 0.106 e. The van der Waals surface area contributed by atoms with Gasteiger partial charge in [-0.3, -0.25) is 0 Å². The van der Waals surface area contributed by atoms with Crippen molar-refractivity contribution in [3.05, 3.63) is 6.42 Å². The van der Waals surface area contributed by atoms with Gasteiger partial charge in [-0.15, -0.1) is 5.92 Å². The molecule has 1 fully saturated rings. The Labute approximate surface area is 44.9 Å². The minimum absolute atomic E-state index is 0.314. The second-order valence-corrected chi connectivity index (χ2v) is 2.20. The predicted molar refractivity (Wildman–Crippen MR) is 30.5 cm³/mol. The summed E-state index contributed by atoms with van der Waals surface area (Å²) in [4.78, 5) is 0. The smallest absolute Gasteiger partial charge is 0.0321 e. The average molecular weight is 93.1 g/mol. The lowest BCUT2D eigenvalue weighted by Gasteiger charge is -1.88. The van der Waals surface area contributed by atoms with Crippen LogP contribution in [0.15, 0.2) is 0 Å². The fraction of sp³-hybridized carbons (Fsp3) is 0.571. The third-order valence-corrected chi connectivity index (χ3v) is 1.23. The van der Waals surface area contributed by atoms with E-state index < -0.39 is 0 Å². The molecule has 0 heteroatoms. The second-order valence-electron chi connectivity index (χ2n) is 2.20. The number of rotatable bonds is 0. The van der Waals surface area contributed by atoms with Crippen molar-refractivity contribution in [1.82, 2.24) is 0 Å². The van der Waals surface area contributed by atoms with Crippen molar-refractivity contribution in [2.45, 2.75) is 20.3 Å². The molecule has 0 amide bonds. The highest BCUT2D eigenvalue weighted by Gasteiger charge is 2.35. The van der Waals surface area contributed by atoms with Gasteiger partial charge in [-0.05, 0) is 26.7 Å². The highest BCUT2D eigenvalue weighted by atomic mass is 14.4. The molecule has 1 aliphatic rings. The van der Waals surface area contributed by atoms with Crippen LogP contribution < -0.4 is 0 Å². The minimum Gasteiger partial charge on any atom is -0.106 e. The lowest BCUT2D eigenvalue weighted by molar-refractivity contribution is 0.817. The topological polar surface area (TPSA) is 0 Å². The molecule has 0 saturated heterocycles. The molecule has 0 aromatic rings. The summed E-state index contributed by atoms with van der Waals surface area (Å²) < 4.78 is 0. The third-order valence-electron chi connectivity index (χ3n) is 1.23. The molecule has 0 heterocycles. The Morgan fingerprint density at radius 2 is 2.29 bits per heavy atom. The summed E-state index contributed by atoms with van der Waals surface area (Å²) in [5.41, 5.74) is 0.314. The van der Waals surface area contributed by atoms with E-state index in [9.17, 15) is 0 Å². The van der Waals surface area contributed by atoms with Gasteiger partial charge < -0.3 is 0 Å². The van der Waals surface area contributed by atoms with Crippen LogP contribution in [-0.4, -0.2) is 0 Å². The predicted octanol–water partition coefficient (Wildman–Crippen LogP) is 1.62. The Bertz CT molecular complexity index is 119. The molecule has 0 N–H and O–H groups in total. The normalized spacial score (nSPS) is 22.6.